The van der Waals surface area contributed by atoms with Gasteiger partial charge in [0.15, 0.2) is 0 Å². The van der Waals surface area contributed by atoms with Crippen LogP contribution in [0.5, 0.6) is 0 Å². The second-order valence-corrected chi connectivity index (χ2v) is 5.97. The fourth-order valence-corrected chi connectivity index (χ4v) is 2.45. The van der Waals surface area contributed by atoms with Gasteiger partial charge in [-0.25, -0.2) is 0 Å². The SMILES string of the molecule is C=Cc1c(C(F)(F)F)cccc1C(F)(F)F.C=Cc1cc(C(F)(F)F)ccc1C(F)(F)F. The number of hydrogen-bond donors (Lipinski definition) is 0. The van der Waals surface area contributed by atoms with E-state index in [1.165, 1.54) is 0 Å². The lowest BCUT2D eigenvalue weighted by atomic mass is 10.0. The van der Waals surface area contributed by atoms with Gasteiger partial charge < -0.3 is 0 Å². The number of alkyl halides is 12. The van der Waals surface area contributed by atoms with Gasteiger partial charge in [0.25, 0.3) is 0 Å². The van der Waals surface area contributed by atoms with Gasteiger partial charge in [0.05, 0.1) is 22.3 Å². The molecule has 0 fully saturated rings. The largest absolute Gasteiger partial charge is 0.417 e. The zero-order chi connectivity index (χ0) is 25.1. The average molecular weight is 480 g/mol. The monoisotopic (exact) mass is 480 g/mol. The van der Waals surface area contributed by atoms with Crippen LogP contribution in [0.3, 0.4) is 0 Å². The summed E-state index contributed by atoms with van der Waals surface area (Å²) < 4.78 is 148. The standard InChI is InChI=1S/2C10H6F6/c1-2-6-5-7(9(11,12)13)3-4-8(6)10(14,15)16;1-2-6-7(9(11,12)13)4-3-5-8(6)10(14,15)16/h2*2-5H,1H2. The van der Waals surface area contributed by atoms with Crippen molar-refractivity contribution < 1.29 is 52.7 Å². The molecule has 0 nitrogen and oxygen atoms in total. The first-order chi connectivity index (χ1) is 14.3. The van der Waals surface area contributed by atoms with E-state index in [-0.39, 0.29) is 0 Å². The molecule has 0 amide bonds. The highest BCUT2D eigenvalue weighted by atomic mass is 19.4. The number of hydrogen-bond acceptors (Lipinski definition) is 0. The molecule has 0 aliphatic heterocycles. The summed E-state index contributed by atoms with van der Waals surface area (Å²) in [7, 11) is 0. The van der Waals surface area contributed by atoms with E-state index in [0.717, 1.165) is 12.1 Å². The van der Waals surface area contributed by atoms with E-state index < -0.39 is 58.1 Å². The Morgan fingerprint density at radius 1 is 0.531 bits per heavy atom. The molecule has 0 saturated heterocycles. The minimum atomic E-state index is -4.83. The van der Waals surface area contributed by atoms with Crippen molar-refractivity contribution in [3.05, 3.63) is 82.9 Å². The molecule has 0 saturated carbocycles. The van der Waals surface area contributed by atoms with Crippen molar-refractivity contribution in [3.8, 4) is 0 Å². The van der Waals surface area contributed by atoms with Crippen LogP contribution in [0.1, 0.15) is 33.4 Å². The number of halogens is 12. The molecule has 0 atom stereocenters. The summed E-state index contributed by atoms with van der Waals surface area (Å²) in [5.74, 6) is 0. The lowest BCUT2D eigenvalue weighted by molar-refractivity contribution is -0.143. The average Bonchev–Trinajstić information content (AvgIpc) is 2.64. The van der Waals surface area contributed by atoms with Gasteiger partial charge in [0.1, 0.15) is 0 Å². The first-order valence-corrected chi connectivity index (χ1v) is 8.14. The van der Waals surface area contributed by atoms with Crippen molar-refractivity contribution in [2.45, 2.75) is 24.7 Å². The van der Waals surface area contributed by atoms with E-state index in [1.54, 1.807) is 0 Å². The van der Waals surface area contributed by atoms with Gasteiger partial charge in [0, 0.05) is 0 Å². The van der Waals surface area contributed by atoms with Crippen molar-refractivity contribution in [2.24, 2.45) is 0 Å². The smallest absolute Gasteiger partial charge is 0.166 e. The molecule has 0 spiro atoms. The van der Waals surface area contributed by atoms with Crippen molar-refractivity contribution in [3.63, 3.8) is 0 Å². The Morgan fingerprint density at radius 2 is 0.969 bits per heavy atom. The normalized spacial score (nSPS) is 12.6. The topological polar surface area (TPSA) is 0 Å². The van der Waals surface area contributed by atoms with Crippen molar-refractivity contribution in [2.75, 3.05) is 0 Å². The van der Waals surface area contributed by atoms with E-state index in [0.29, 0.717) is 36.4 Å². The van der Waals surface area contributed by atoms with E-state index in [1.807, 2.05) is 0 Å². The summed E-state index contributed by atoms with van der Waals surface area (Å²) >= 11 is 0. The predicted octanol–water partition coefficient (Wildman–Crippen LogP) is 8.73. The summed E-state index contributed by atoms with van der Waals surface area (Å²) in [5.41, 5.74) is -6.45. The zero-order valence-corrected chi connectivity index (χ0v) is 15.6. The Morgan fingerprint density at radius 3 is 1.28 bits per heavy atom. The molecule has 0 aromatic heterocycles. The fraction of sp³-hybridized carbons (Fsp3) is 0.200. The van der Waals surface area contributed by atoms with E-state index >= 15 is 0 Å². The highest BCUT2D eigenvalue weighted by molar-refractivity contribution is 5.58. The van der Waals surface area contributed by atoms with Gasteiger partial charge in [-0.05, 0) is 41.5 Å². The Balaban J connectivity index is 0.000000320. The lowest BCUT2D eigenvalue weighted by Crippen LogP contribution is -2.14. The summed E-state index contributed by atoms with van der Waals surface area (Å²) in [6.07, 6.45) is -17.7. The summed E-state index contributed by atoms with van der Waals surface area (Å²) in [4.78, 5) is 0. The molecule has 0 radical (unpaired) electrons. The maximum Gasteiger partial charge on any atom is 0.417 e. The summed E-state index contributed by atoms with van der Waals surface area (Å²) in [5, 5.41) is 0. The quantitative estimate of drug-likeness (QED) is 0.377. The third-order valence-corrected chi connectivity index (χ3v) is 3.83. The molecule has 12 heteroatoms. The Bertz CT molecular complexity index is 924. The number of rotatable bonds is 2. The lowest BCUT2D eigenvalue weighted by Gasteiger charge is -2.15. The van der Waals surface area contributed by atoms with E-state index in [4.69, 9.17) is 0 Å². The molecule has 2 rings (SSSR count). The van der Waals surface area contributed by atoms with Crippen LogP contribution in [0.4, 0.5) is 52.7 Å². The summed E-state index contributed by atoms with van der Waals surface area (Å²) in [6.45, 7) is 6.04. The van der Waals surface area contributed by atoms with Crippen LogP contribution in [0, 0.1) is 0 Å². The molecule has 32 heavy (non-hydrogen) atoms. The number of benzene rings is 2. The maximum atomic E-state index is 12.4. The van der Waals surface area contributed by atoms with Gasteiger partial charge in [-0.15, -0.1) is 0 Å². The molecule has 0 unspecified atom stereocenters. The van der Waals surface area contributed by atoms with E-state index in [2.05, 4.69) is 13.2 Å². The minimum absolute atomic E-state index is 0.399. The molecule has 2 aromatic rings. The molecule has 0 heterocycles. The Labute approximate surface area is 173 Å². The first kappa shape index (κ1) is 27.1. The highest BCUT2D eigenvalue weighted by Gasteiger charge is 2.39. The molecular weight excluding hydrogens is 468 g/mol. The third kappa shape index (κ3) is 6.79. The Kier molecular flexibility index (Phi) is 7.87. The molecule has 2 aromatic carbocycles. The van der Waals surface area contributed by atoms with Crippen molar-refractivity contribution in [1.29, 1.82) is 0 Å². The molecule has 176 valence electrons. The van der Waals surface area contributed by atoms with Crippen LogP contribution in [-0.2, 0) is 24.7 Å². The zero-order valence-electron chi connectivity index (χ0n) is 15.6. The molecular formula is C20H12F12. The fourth-order valence-electron chi connectivity index (χ4n) is 2.45. The van der Waals surface area contributed by atoms with Crippen LogP contribution in [0.25, 0.3) is 12.2 Å². The van der Waals surface area contributed by atoms with E-state index in [9.17, 15) is 52.7 Å². The van der Waals surface area contributed by atoms with Crippen molar-refractivity contribution in [1.82, 2.24) is 0 Å². The maximum absolute atomic E-state index is 12.4. The first-order valence-electron chi connectivity index (χ1n) is 8.14. The van der Waals surface area contributed by atoms with Gasteiger partial charge in [-0.2, -0.15) is 52.7 Å². The van der Waals surface area contributed by atoms with Crippen LogP contribution < -0.4 is 0 Å². The molecule has 0 N–H and O–H groups in total. The minimum Gasteiger partial charge on any atom is -0.166 e. The van der Waals surface area contributed by atoms with Crippen molar-refractivity contribution >= 4 is 12.2 Å². The Hall–Kier alpha value is -2.92. The van der Waals surface area contributed by atoms with Crippen LogP contribution >= 0.6 is 0 Å². The third-order valence-electron chi connectivity index (χ3n) is 3.83. The van der Waals surface area contributed by atoms with Gasteiger partial charge >= 0.3 is 24.7 Å². The van der Waals surface area contributed by atoms with Gasteiger partial charge in [-0.3, -0.25) is 0 Å². The predicted molar refractivity (Wildman–Crippen MR) is 93.1 cm³/mol. The van der Waals surface area contributed by atoms with Gasteiger partial charge in [-0.1, -0.05) is 31.4 Å². The van der Waals surface area contributed by atoms with Crippen LogP contribution in [-0.4, -0.2) is 0 Å². The summed E-state index contributed by atoms with van der Waals surface area (Å²) in [6, 6.07) is 3.13. The second kappa shape index (κ2) is 9.29. The molecule has 0 bridgehead atoms. The van der Waals surface area contributed by atoms with Crippen LogP contribution in [0.15, 0.2) is 49.6 Å². The van der Waals surface area contributed by atoms with Gasteiger partial charge in [0.2, 0.25) is 0 Å². The molecule has 0 aliphatic carbocycles. The highest BCUT2D eigenvalue weighted by Crippen LogP contribution is 2.40. The molecule has 0 aliphatic rings. The van der Waals surface area contributed by atoms with Crippen LogP contribution in [0.2, 0.25) is 0 Å². The second-order valence-electron chi connectivity index (χ2n) is 5.97.